The maximum absolute atomic E-state index is 13.7. The Labute approximate surface area is 186 Å². The third-order valence-electron chi connectivity index (χ3n) is 6.62. The molecule has 1 amide bonds. The van der Waals surface area contributed by atoms with Crippen molar-refractivity contribution >= 4 is 16.7 Å². The third-order valence-corrected chi connectivity index (χ3v) is 6.62. The molecule has 31 heavy (non-hydrogen) atoms. The molecule has 0 spiro atoms. The predicted molar refractivity (Wildman–Crippen MR) is 129 cm³/mol. The van der Waals surface area contributed by atoms with Crippen molar-refractivity contribution in [3.05, 3.63) is 83.4 Å². The van der Waals surface area contributed by atoms with Crippen LogP contribution in [0, 0.1) is 6.92 Å². The van der Waals surface area contributed by atoms with E-state index < -0.39 is 0 Å². The second-order valence-corrected chi connectivity index (χ2v) is 8.97. The van der Waals surface area contributed by atoms with Crippen LogP contribution in [0.2, 0.25) is 0 Å². The van der Waals surface area contributed by atoms with Gasteiger partial charge in [0, 0.05) is 31.2 Å². The summed E-state index contributed by atoms with van der Waals surface area (Å²) in [6.07, 6.45) is 4.94. The molecule has 3 aromatic carbocycles. The van der Waals surface area contributed by atoms with Crippen molar-refractivity contribution in [1.29, 1.82) is 0 Å². The zero-order chi connectivity index (χ0) is 21.6. The molecule has 3 aromatic rings. The van der Waals surface area contributed by atoms with Crippen molar-refractivity contribution in [2.24, 2.45) is 0 Å². The highest BCUT2D eigenvalue weighted by atomic mass is 16.2. The molecule has 4 rings (SSSR count). The quantitative estimate of drug-likeness (QED) is 0.469. The van der Waals surface area contributed by atoms with E-state index in [1.54, 1.807) is 0 Å². The zero-order valence-electron chi connectivity index (χ0n) is 18.9. The summed E-state index contributed by atoms with van der Waals surface area (Å²) in [6.45, 7) is 8.12. The van der Waals surface area contributed by atoms with Crippen LogP contribution >= 0.6 is 0 Å². The molecule has 1 heterocycles. The number of nitrogens with zero attached hydrogens (tertiary/aromatic N) is 2. The van der Waals surface area contributed by atoms with Gasteiger partial charge in [-0.15, -0.1) is 0 Å². The Morgan fingerprint density at radius 3 is 2.58 bits per heavy atom. The van der Waals surface area contributed by atoms with Gasteiger partial charge in [0.25, 0.3) is 5.91 Å². The average molecular weight is 415 g/mol. The van der Waals surface area contributed by atoms with E-state index in [1.165, 1.54) is 36.9 Å². The number of rotatable bonds is 7. The fourth-order valence-corrected chi connectivity index (χ4v) is 4.70. The van der Waals surface area contributed by atoms with Crippen LogP contribution in [0.25, 0.3) is 10.8 Å². The van der Waals surface area contributed by atoms with Crippen LogP contribution in [0.4, 0.5) is 0 Å². The number of likely N-dealkylation sites (tertiary alicyclic amines) is 1. The summed E-state index contributed by atoms with van der Waals surface area (Å²) < 4.78 is 0. The topological polar surface area (TPSA) is 23.6 Å². The van der Waals surface area contributed by atoms with Gasteiger partial charge >= 0.3 is 0 Å². The molecule has 0 aliphatic carbocycles. The molecule has 0 aromatic heterocycles. The molecule has 0 N–H and O–H groups in total. The van der Waals surface area contributed by atoms with E-state index in [-0.39, 0.29) is 5.91 Å². The molecular weight excluding hydrogens is 380 g/mol. The van der Waals surface area contributed by atoms with E-state index in [9.17, 15) is 4.79 Å². The van der Waals surface area contributed by atoms with Crippen LogP contribution in [0.15, 0.2) is 66.7 Å². The number of carbonyl (C=O) groups excluding carboxylic acids is 1. The minimum absolute atomic E-state index is 0.129. The molecule has 3 heteroatoms. The molecule has 1 atom stereocenters. The van der Waals surface area contributed by atoms with Gasteiger partial charge in [0.1, 0.15) is 0 Å². The van der Waals surface area contributed by atoms with Crippen molar-refractivity contribution in [3.63, 3.8) is 0 Å². The molecule has 1 fully saturated rings. The SMILES string of the molecule is Cc1ccc(CN(CCCN2CCCCC2C)C(=O)c2cccc3ccccc23)cc1. The van der Waals surface area contributed by atoms with Crippen LogP contribution in [0.1, 0.15) is 54.1 Å². The summed E-state index contributed by atoms with van der Waals surface area (Å²) in [5, 5.41) is 2.15. The Kier molecular flexibility index (Phi) is 7.03. The molecule has 0 saturated carbocycles. The molecule has 162 valence electrons. The van der Waals surface area contributed by atoms with Crippen LogP contribution in [-0.2, 0) is 6.54 Å². The second-order valence-electron chi connectivity index (χ2n) is 8.97. The second kappa shape index (κ2) is 10.1. The maximum Gasteiger partial charge on any atom is 0.254 e. The number of hydrogen-bond donors (Lipinski definition) is 0. The van der Waals surface area contributed by atoms with Crippen molar-refractivity contribution in [1.82, 2.24) is 9.80 Å². The van der Waals surface area contributed by atoms with E-state index in [4.69, 9.17) is 0 Å². The lowest BCUT2D eigenvalue weighted by Crippen LogP contribution is -2.40. The van der Waals surface area contributed by atoms with Gasteiger partial charge in [0.05, 0.1) is 0 Å². The normalized spacial score (nSPS) is 17.0. The number of piperidine rings is 1. The standard InChI is InChI=1S/C28H34N2O/c1-22-14-16-24(17-15-22)21-30(20-8-19-29-18-6-5-9-23(29)2)28(31)27-13-7-11-25-10-3-4-12-26(25)27/h3-4,7,10-17,23H,5-6,8-9,18-21H2,1-2H3. The van der Waals surface area contributed by atoms with Crippen LogP contribution in [0.5, 0.6) is 0 Å². The van der Waals surface area contributed by atoms with E-state index in [2.05, 4.69) is 61.2 Å². The lowest BCUT2D eigenvalue weighted by Gasteiger charge is -2.34. The fraction of sp³-hybridized carbons (Fsp3) is 0.393. The van der Waals surface area contributed by atoms with Crippen LogP contribution < -0.4 is 0 Å². The van der Waals surface area contributed by atoms with Gasteiger partial charge in [-0.3, -0.25) is 4.79 Å². The van der Waals surface area contributed by atoms with Crippen molar-refractivity contribution in [2.75, 3.05) is 19.6 Å². The van der Waals surface area contributed by atoms with Gasteiger partial charge in [-0.05, 0) is 62.1 Å². The summed E-state index contributed by atoms with van der Waals surface area (Å²) in [5.41, 5.74) is 3.23. The van der Waals surface area contributed by atoms with Crippen LogP contribution in [-0.4, -0.2) is 41.4 Å². The Balaban J connectivity index is 1.53. The number of benzene rings is 3. The number of amides is 1. The third kappa shape index (κ3) is 5.34. The van der Waals surface area contributed by atoms with E-state index in [0.29, 0.717) is 12.6 Å². The smallest absolute Gasteiger partial charge is 0.254 e. The lowest BCUT2D eigenvalue weighted by molar-refractivity contribution is 0.0728. The summed E-state index contributed by atoms with van der Waals surface area (Å²) in [5.74, 6) is 0.129. The van der Waals surface area contributed by atoms with Gasteiger partial charge in [-0.1, -0.05) is 72.6 Å². The van der Waals surface area contributed by atoms with Gasteiger partial charge in [-0.2, -0.15) is 0 Å². The van der Waals surface area contributed by atoms with E-state index in [1.807, 2.05) is 29.2 Å². The molecule has 1 aliphatic rings. The van der Waals surface area contributed by atoms with E-state index >= 15 is 0 Å². The highest BCUT2D eigenvalue weighted by Gasteiger charge is 2.21. The Morgan fingerprint density at radius 1 is 1.00 bits per heavy atom. The largest absolute Gasteiger partial charge is 0.334 e. The first-order valence-corrected chi connectivity index (χ1v) is 11.7. The first kappa shape index (κ1) is 21.6. The highest BCUT2D eigenvalue weighted by Crippen LogP contribution is 2.22. The summed E-state index contributed by atoms with van der Waals surface area (Å²) in [4.78, 5) is 18.3. The first-order valence-electron chi connectivity index (χ1n) is 11.7. The summed E-state index contributed by atoms with van der Waals surface area (Å²) >= 11 is 0. The van der Waals surface area contributed by atoms with Gasteiger partial charge in [0.15, 0.2) is 0 Å². The molecule has 3 nitrogen and oxygen atoms in total. The van der Waals surface area contributed by atoms with Gasteiger partial charge in [0.2, 0.25) is 0 Å². The van der Waals surface area contributed by atoms with Crippen molar-refractivity contribution < 1.29 is 4.79 Å². The molecule has 0 bridgehead atoms. The number of carbonyl (C=O) groups is 1. The molecular formula is C28H34N2O. The Morgan fingerprint density at radius 2 is 1.77 bits per heavy atom. The van der Waals surface area contributed by atoms with Crippen LogP contribution in [0.3, 0.4) is 0 Å². The monoisotopic (exact) mass is 414 g/mol. The number of hydrogen-bond acceptors (Lipinski definition) is 2. The number of fused-ring (bicyclic) bond motifs is 1. The highest BCUT2D eigenvalue weighted by molar-refractivity contribution is 6.07. The molecule has 1 aliphatic heterocycles. The Hall–Kier alpha value is -2.65. The predicted octanol–water partition coefficient (Wildman–Crippen LogP) is 6.06. The lowest BCUT2D eigenvalue weighted by atomic mass is 10.0. The minimum Gasteiger partial charge on any atom is -0.334 e. The van der Waals surface area contributed by atoms with Gasteiger partial charge < -0.3 is 9.80 Å². The zero-order valence-corrected chi connectivity index (χ0v) is 18.9. The molecule has 1 saturated heterocycles. The van der Waals surface area contributed by atoms with Crippen molar-refractivity contribution in [2.45, 2.75) is 52.1 Å². The average Bonchev–Trinajstić information content (AvgIpc) is 2.80. The summed E-state index contributed by atoms with van der Waals surface area (Å²) in [6, 6.07) is 23.4. The fourth-order valence-electron chi connectivity index (χ4n) is 4.70. The molecule has 0 radical (unpaired) electrons. The number of aryl methyl sites for hydroxylation is 1. The van der Waals surface area contributed by atoms with Gasteiger partial charge in [-0.25, -0.2) is 0 Å². The van der Waals surface area contributed by atoms with E-state index in [0.717, 1.165) is 35.8 Å². The minimum atomic E-state index is 0.129. The van der Waals surface area contributed by atoms with Crippen molar-refractivity contribution in [3.8, 4) is 0 Å². The Bertz CT molecular complexity index is 1010. The maximum atomic E-state index is 13.7. The first-order chi connectivity index (χ1) is 15.1. The summed E-state index contributed by atoms with van der Waals surface area (Å²) in [7, 11) is 0. The molecule has 1 unspecified atom stereocenters.